The van der Waals surface area contributed by atoms with Gasteiger partial charge >= 0.3 is 0 Å². The number of hydrogen-bond donors (Lipinski definition) is 0. The van der Waals surface area contributed by atoms with Crippen molar-refractivity contribution in [2.75, 3.05) is 32.6 Å². The van der Waals surface area contributed by atoms with Crippen LogP contribution in [0.25, 0.3) is 0 Å². The standard InChI is InChI=1S/C18H26N2O4S/c1-25(22,23)20(16-9-11-24-12-10-16)17-13-19(14-17)18(21)8-7-15-5-3-2-4-6-15/h2-6,16-17H,7-14H2,1H3. The highest BCUT2D eigenvalue weighted by Gasteiger charge is 2.42. The van der Waals surface area contributed by atoms with Crippen molar-refractivity contribution >= 4 is 15.9 Å². The summed E-state index contributed by atoms with van der Waals surface area (Å²) in [6.07, 6.45) is 3.91. The quantitative estimate of drug-likeness (QED) is 0.760. The average molecular weight is 366 g/mol. The number of nitrogens with zero attached hydrogens (tertiary/aromatic N) is 2. The maximum Gasteiger partial charge on any atom is 0.223 e. The van der Waals surface area contributed by atoms with Crippen LogP contribution in [0.2, 0.25) is 0 Å². The fourth-order valence-electron chi connectivity index (χ4n) is 3.65. The monoisotopic (exact) mass is 366 g/mol. The third-order valence-electron chi connectivity index (χ3n) is 4.98. The minimum atomic E-state index is -3.29. The molecule has 0 unspecified atom stereocenters. The summed E-state index contributed by atoms with van der Waals surface area (Å²) in [6.45, 7) is 2.20. The van der Waals surface area contributed by atoms with Gasteiger partial charge in [-0.3, -0.25) is 4.79 Å². The molecule has 1 amide bonds. The van der Waals surface area contributed by atoms with Gasteiger partial charge in [0.15, 0.2) is 0 Å². The SMILES string of the molecule is CS(=O)(=O)N(C1CCOCC1)C1CN(C(=O)CCc2ccccc2)C1. The molecule has 0 spiro atoms. The van der Waals surface area contributed by atoms with E-state index in [1.54, 1.807) is 9.21 Å². The van der Waals surface area contributed by atoms with Crippen LogP contribution in [0.5, 0.6) is 0 Å². The molecule has 2 fully saturated rings. The van der Waals surface area contributed by atoms with Crippen LogP contribution >= 0.6 is 0 Å². The summed E-state index contributed by atoms with van der Waals surface area (Å²) < 4.78 is 31.4. The lowest BCUT2D eigenvalue weighted by Gasteiger charge is -2.47. The number of likely N-dealkylation sites (tertiary alicyclic amines) is 1. The Morgan fingerprint density at radius 2 is 1.80 bits per heavy atom. The van der Waals surface area contributed by atoms with Crippen LogP contribution < -0.4 is 0 Å². The van der Waals surface area contributed by atoms with Gasteiger partial charge in [0.05, 0.1) is 12.3 Å². The molecule has 0 radical (unpaired) electrons. The molecular formula is C18H26N2O4S. The van der Waals surface area contributed by atoms with E-state index in [0.29, 0.717) is 32.7 Å². The molecule has 7 heteroatoms. The van der Waals surface area contributed by atoms with Gasteiger partial charge in [-0.2, -0.15) is 4.31 Å². The molecule has 25 heavy (non-hydrogen) atoms. The Labute approximate surface area is 149 Å². The number of hydrogen-bond acceptors (Lipinski definition) is 4. The van der Waals surface area contributed by atoms with E-state index in [9.17, 15) is 13.2 Å². The number of sulfonamides is 1. The Balaban J connectivity index is 1.53. The smallest absolute Gasteiger partial charge is 0.223 e. The lowest BCUT2D eigenvalue weighted by Crippen LogP contribution is -2.64. The Bertz CT molecular complexity index is 680. The van der Waals surface area contributed by atoms with E-state index in [-0.39, 0.29) is 18.0 Å². The van der Waals surface area contributed by atoms with Gasteiger partial charge < -0.3 is 9.64 Å². The number of amides is 1. The highest BCUT2D eigenvalue weighted by atomic mass is 32.2. The van der Waals surface area contributed by atoms with E-state index in [1.165, 1.54) is 6.26 Å². The fraction of sp³-hybridized carbons (Fsp3) is 0.611. The molecule has 2 aliphatic heterocycles. The van der Waals surface area contributed by atoms with Gasteiger partial charge in [0.1, 0.15) is 0 Å². The molecule has 0 aromatic heterocycles. The maximum absolute atomic E-state index is 12.3. The summed E-state index contributed by atoms with van der Waals surface area (Å²) in [5.41, 5.74) is 1.15. The maximum atomic E-state index is 12.3. The molecule has 0 saturated carbocycles. The largest absolute Gasteiger partial charge is 0.381 e. The molecule has 3 rings (SSSR count). The van der Waals surface area contributed by atoms with Crippen molar-refractivity contribution in [2.24, 2.45) is 0 Å². The lowest BCUT2D eigenvalue weighted by atomic mass is 10.0. The zero-order valence-electron chi connectivity index (χ0n) is 14.6. The van der Waals surface area contributed by atoms with E-state index >= 15 is 0 Å². The minimum absolute atomic E-state index is 0.00433. The van der Waals surface area contributed by atoms with Crippen molar-refractivity contribution in [1.82, 2.24) is 9.21 Å². The van der Waals surface area contributed by atoms with Gasteiger partial charge in [0, 0.05) is 38.8 Å². The van der Waals surface area contributed by atoms with E-state index < -0.39 is 10.0 Å². The molecule has 0 N–H and O–H groups in total. The number of carbonyl (C=O) groups is 1. The predicted molar refractivity (Wildman–Crippen MR) is 95.7 cm³/mol. The third-order valence-corrected chi connectivity index (χ3v) is 6.34. The fourth-order valence-corrected chi connectivity index (χ4v) is 5.08. The summed E-state index contributed by atoms with van der Waals surface area (Å²) in [7, 11) is -3.29. The molecule has 1 aromatic rings. The number of carbonyl (C=O) groups excluding carboxylic acids is 1. The lowest BCUT2D eigenvalue weighted by molar-refractivity contribution is -0.138. The zero-order valence-corrected chi connectivity index (χ0v) is 15.5. The molecule has 2 aliphatic rings. The van der Waals surface area contributed by atoms with E-state index in [4.69, 9.17) is 4.74 Å². The molecule has 0 bridgehead atoms. The first-order valence-corrected chi connectivity index (χ1v) is 10.7. The summed E-state index contributed by atoms with van der Waals surface area (Å²) >= 11 is 0. The van der Waals surface area contributed by atoms with Crippen LogP contribution in [0.4, 0.5) is 0 Å². The second-order valence-corrected chi connectivity index (χ2v) is 8.76. The summed E-state index contributed by atoms with van der Waals surface area (Å²) in [6, 6.07) is 9.83. The molecule has 6 nitrogen and oxygen atoms in total. The van der Waals surface area contributed by atoms with E-state index in [0.717, 1.165) is 24.8 Å². The molecule has 0 aliphatic carbocycles. The van der Waals surface area contributed by atoms with Gasteiger partial charge in [-0.15, -0.1) is 0 Å². The highest BCUT2D eigenvalue weighted by Crippen LogP contribution is 2.26. The van der Waals surface area contributed by atoms with Crippen molar-refractivity contribution in [3.05, 3.63) is 35.9 Å². The molecule has 138 valence electrons. The second-order valence-electron chi connectivity index (χ2n) is 6.87. The molecule has 2 heterocycles. The Kier molecular flexibility index (Phi) is 5.76. The summed E-state index contributed by atoms with van der Waals surface area (Å²) in [5.74, 6) is 0.0977. The average Bonchev–Trinajstić information content (AvgIpc) is 2.56. The van der Waals surface area contributed by atoms with Crippen LogP contribution in [-0.4, -0.2) is 68.2 Å². The van der Waals surface area contributed by atoms with Gasteiger partial charge in [-0.1, -0.05) is 30.3 Å². The molecular weight excluding hydrogens is 340 g/mol. The number of benzene rings is 1. The van der Waals surface area contributed by atoms with E-state index in [2.05, 4.69) is 0 Å². The second kappa shape index (κ2) is 7.85. The number of ether oxygens (including phenoxy) is 1. The van der Waals surface area contributed by atoms with Crippen molar-refractivity contribution in [2.45, 2.75) is 37.8 Å². The van der Waals surface area contributed by atoms with Crippen molar-refractivity contribution < 1.29 is 17.9 Å². The number of aryl methyl sites for hydroxylation is 1. The van der Waals surface area contributed by atoms with Crippen LogP contribution in [0.15, 0.2) is 30.3 Å². The van der Waals surface area contributed by atoms with Crippen LogP contribution in [0.3, 0.4) is 0 Å². The normalized spacial score (nSPS) is 19.8. The minimum Gasteiger partial charge on any atom is -0.381 e. The molecule has 0 atom stereocenters. The van der Waals surface area contributed by atoms with Gasteiger partial charge in [-0.25, -0.2) is 8.42 Å². The van der Waals surface area contributed by atoms with E-state index in [1.807, 2.05) is 30.3 Å². The molecule has 2 saturated heterocycles. The summed E-state index contributed by atoms with van der Waals surface area (Å²) in [4.78, 5) is 14.1. The Hall–Kier alpha value is -1.44. The van der Waals surface area contributed by atoms with Crippen LogP contribution in [-0.2, 0) is 26.0 Å². The first kappa shape index (κ1) is 18.4. The predicted octanol–water partition coefficient (Wildman–Crippen LogP) is 1.27. The van der Waals surface area contributed by atoms with Gasteiger partial charge in [0.2, 0.25) is 15.9 Å². The van der Waals surface area contributed by atoms with Crippen LogP contribution in [0, 0.1) is 0 Å². The Morgan fingerprint density at radius 1 is 1.16 bits per heavy atom. The van der Waals surface area contributed by atoms with Gasteiger partial charge in [-0.05, 0) is 24.8 Å². The van der Waals surface area contributed by atoms with Crippen molar-refractivity contribution in [3.8, 4) is 0 Å². The third kappa shape index (κ3) is 4.59. The zero-order chi connectivity index (χ0) is 17.9. The van der Waals surface area contributed by atoms with Crippen molar-refractivity contribution in [3.63, 3.8) is 0 Å². The molecule has 1 aromatic carbocycles. The topological polar surface area (TPSA) is 66.9 Å². The van der Waals surface area contributed by atoms with Gasteiger partial charge in [0.25, 0.3) is 0 Å². The summed E-state index contributed by atoms with van der Waals surface area (Å²) in [5, 5.41) is 0. The number of rotatable bonds is 6. The van der Waals surface area contributed by atoms with Crippen LogP contribution in [0.1, 0.15) is 24.8 Å². The Morgan fingerprint density at radius 3 is 2.40 bits per heavy atom. The van der Waals surface area contributed by atoms with Crippen molar-refractivity contribution in [1.29, 1.82) is 0 Å². The highest BCUT2D eigenvalue weighted by molar-refractivity contribution is 7.88. The first-order chi connectivity index (χ1) is 11.9. The first-order valence-electron chi connectivity index (χ1n) is 8.83.